The molecule has 3 aromatic rings. The summed E-state index contributed by atoms with van der Waals surface area (Å²) in [5.74, 6) is 0.834. The van der Waals surface area contributed by atoms with Crippen molar-refractivity contribution in [3.63, 3.8) is 0 Å². The number of carbonyl (C=O) groups is 1. The molecule has 8 nitrogen and oxygen atoms in total. The molecule has 1 aliphatic heterocycles. The molecule has 0 spiro atoms. The van der Waals surface area contributed by atoms with Gasteiger partial charge in [-0.05, 0) is 42.4 Å². The molecule has 11 heteroatoms. The van der Waals surface area contributed by atoms with Gasteiger partial charge in [0.15, 0.2) is 0 Å². The van der Waals surface area contributed by atoms with E-state index in [9.17, 15) is 18.0 Å². The van der Waals surface area contributed by atoms with Crippen LogP contribution in [0.5, 0.6) is 5.75 Å². The molecule has 2 unspecified atom stereocenters. The summed E-state index contributed by atoms with van der Waals surface area (Å²) in [6.45, 7) is 5.57. The highest BCUT2D eigenvalue weighted by Gasteiger charge is 2.56. The fourth-order valence-electron chi connectivity index (χ4n) is 5.30. The van der Waals surface area contributed by atoms with E-state index in [1.54, 1.807) is 35.1 Å². The average molecular weight is 503 g/mol. The third kappa shape index (κ3) is 5.25. The Labute approximate surface area is 207 Å². The fourth-order valence-corrected chi connectivity index (χ4v) is 5.30. The number of halogens is 3. The molecule has 192 valence electrons. The van der Waals surface area contributed by atoms with E-state index in [1.165, 1.54) is 23.8 Å². The van der Waals surface area contributed by atoms with Crippen molar-refractivity contribution in [1.82, 2.24) is 29.1 Å². The maximum Gasteiger partial charge on any atom is 0.573 e. The summed E-state index contributed by atoms with van der Waals surface area (Å²) in [6, 6.07) is 5.79. The van der Waals surface area contributed by atoms with Crippen molar-refractivity contribution in [2.45, 2.75) is 26.4 Å². The lowest BCUT2D eigenvalue weighted by atomic mass is 10.1. The van der Waals surface area contributed by atoms with Crippen molar-refractivity contribution in [1.29, 1.82) is 0 Å². The molecule has 2 aliphatic rings. The Bertz CT molecular complexity index is 1240. The normalized spacial score (nSPS) is 21.4. The fraction of sp³-hybridized carbons (Fsp3) is 0.480. The van der Waals surface area contributed by atoms with Gasteiger partial charge in [0.25, 0.3) is 5.91 Å². The van der Waals surface area contributed by atoms with Crippen LogP contribution in [0.1, 0.15) is 27.3 Å². The Hall–Kier alpha value is -3.34. The third-order valence-corrected chi connectivity index (χ3v) is 7.33. The predicted molar refractivity (Wildman–Crippen MR) is 125 cm³/mol. The van der Waals surface area contributed by atoms with Crippen LogP contribution < -0.4 is 4.74 Å². The van der Waals surface area contributed by atoms with E-state index in [-0.39, 0.29) is 18.2 Å². The van der Waals surface area contributed by atoms with Crippen LogP contribution in [0.2, 0.25) is 0 Å². The van der Waals surface area contributed by atoms with Crippen molar-refractivity contribution >= 4 is 5.91 Å². The van der Waals surface area contributed by atoms with E-state index in [2.05, 4.69) is 26.6 Å². The van der Waals surface area contributed by atoms with Crippen molar-refractivity contribution < 1.29 is 22.7 Å². The number of likely N-dealkylation sites (tertiary alicyclic amines) is 1. The molecule has 1 saturated heterocycles. The van der Waals surface area contributed by atoms with E-state index >= 15 is 0 Å². The Morgan fingerprint density at radius 2 is 1.97 bits per heavy atom. The number of ether oxygens (including phenoxy) is 1. The maximum atomic E-state index is 13.3. The average Bonchev–Trinajstić information content (AvgIpc) is 3.18. The van der Waals surface area contributed by atoms with Crippen molar-refractivity contribution in [2.75, 3.05) is 19.6 Å². The summed E-state index contributed by atoms with van der Waals surface area (Å²) in [5.41, 5.74) is 3.28. The second kappa shape index (κ2) is 9.27. The smallest absolute Gasteiger partial charge is 0.406 e. The minimum Gasteiger partial charge on any atom is -0.406 e. The molecule has 1 saturated carbocycles. The summed E-state index contributed by atoms with van der Waals surface area (Å²) in [7, 11) is 3.73. The Morgan fingerprint density at radius 1 is 1.22 bits per heavy atom. The molecular weight excluding hydrogens is 473 g/mol. The highest BCUT2D eigenvalue weighted by molar-refractivity contribution is 5.92. The highest BCUT2D eigenvalue weighted by atomic mass is 19.4. The van der Waals surface area contributed by atoms with Gasteiger partial charge in [-0.25, -0.2) is 4.98 Å². The van der Waals surface area contributed by atoms with Gasteiger partial charge in [-0.15, -0.1) is 13.2 Å². The van der Waals surface area contributed by atoms with Gasteiger partial charge < -0.3 is 14.2 Å². The summed E-state index contributed by atoms with van der Waals surface area (Å²) in [5, 5.41) is 4.33. The molecular formula is C25H29F3N6O2. The number of alkyl halides is 3. The van der Waals surface area contributed by atoms with Crippen LogP contribution in [0.25, 0.3) is 0 Å². The standard InChI is InChI=1S/C25H29F3N6O2/c1-16-18(8-30-32(16)3)10-33-11-20-21(12-33)22(20)13-34(24(35)23-14-31(2)15-29-23)9-17-5-4-6-19(7-17)36-25(26,27)28/h4-8,14-15,20-22H,9-13H2,1-3H3. The van der Waals surface area contributed by atoms with Crippen LogP contribution in [-0.4, -0.2) is 61.0 Å². The Kier molecular flexibility index (Phi) is 6.27. The van der Waals surface area contributed by atoms with Crippen molar-refractivity contribution in [3.8, 4) is 5.75 Å². The van der Waals surface area contributed by atoms with Gasteiger partial charge in [-0.1, -0.05) is 12.1 Å². The first-order valence-corrected chi connectivity index (χ1v) is 11.9. The number of aromatic nitrogens is 4. The van der Waals surface area contributed by atoms with E-state index in [4.69, 9.17) is 0 Å². The SMILES string of the molecule is Cc1c(CN2CC3C(C2)C3CN(Cc2cccc(OC(F)(F)F)c2)C(=O)c2cn(C)cn2)cnn1C. The molecule has 3 heterocycles. The first-order chi connectivity index (χ1) is 17.1. The number of fused-ring (bicyclic) bond motifs is 1. The molecule has 5 rings (SSSR count). The minimum absolute atomic E-state index is 0.180. The van der Waals surface area contributed by atoms with Crippen molar-refractivity contribution in [3.05, 3.63) is 65.5 Å². The van der Waals surface area contributed by atoms with Crippen LogP contribution in [0.15, 0.2) is 43.0 Å². The van der Waals surface area contributed by atoms with E-state index < -0.39 is 6.36 Å². The highest BCUT2D eigenvalue weighted by Crippen LogP contribution is 2.52. The van der Waals surface area contributed by atoms with Gasteiger partial charge >= 0.3 is 6.36 Å². The lowest BCUT2D eigenvalue weighted by Gasteiger charge is -2.25. The van der Waals surface area contributed by atoms with Gasteiger partial charge in [0.1, 0.15) is 11.4 Å². The first-order valence-electron chi connectivity index (χ1n) is 11.9. The predicted octanol–water partition coefficient (Wildman–Crippen LogP) is 3.38. The minimum atomic E-state index is -4.77. The number of imidazole rings is 1. The first kappa shape index (κ1) is 24.4. The second-order valence-electron chi connectivity index (χ2n) is 9.87. The molecule has 2 aromatic heterocycles. The van der Waals surface area contributed by atoms with Gasteiger partial charge in [-0.3, -0.25) is 14.4 Å². The van der Waals surface area contributed by atoms with Gasteiger partial charge in [-0.2, -0.15) is 5.10 Å². The summed E-state index contributed by atoms with van der Waals surface area (Å²) in [6.07, 6.45) is 0.367. The van der Waals surface area contributed by atoms with Crippen LogP contribution in [0.4, 0.5) is 13.2 Å². The molecule has 2 fully saturated rings. The van der Waals surface area contributed by atoms with Crippen LogP contribution in [-0.2, 0) is 27.2 Å². The van der Waals surface area contributed by atoms with E-state index in [1.807, 2.05) is 17.9 Å². The molecule has 0 radical (unpaired) electrons. The number of hydrogen-bond donors (Lipinski definition) is 0. The molecule has 1 amide bonds. The number of aryl methyl sites for hydroxylation is 2. The van der Waals surface area contributed by atoms with Crippen LogP contribution >= 0.6 is 0 Å². The van der Waals surface area contributed by atoms with Gasteiger partial charge in [0, 0.05) is 64.3 Å². The summed E-state index contributed by atoms with van der Waals surface area (Å²) >= 11 is 0. The van der Waals surface area contributed by atoms with E-state index in [0.717, 1.165) is 25.3 Å². The number of nitrogens with zero attached hydrogens (tertiary/aromatic N) is 6. The van der Waals surface area contributed by atoms with Crippen molar-refractivity contribution in [2.24, 2.45) is 31.8 Å². The molecule has 1 aliphatic carbocycles. The summed E-state index contributed by atoms with van der Waals surface area (Å²) < 4.78 is 45.7. The number of piperidine rings is 1. The number of rotatable bonds is 8. The topological polar surface area (TPSA) is 68.4 Å². The zero-order valence-corrected chi connectivity index (χ0v) is 20.4. The zero-order chi connectivity index (χ0) is 25.6. The lowest BCUT2D eigenvalue weighted by molar-refractivity contribution is -0.274. The summed E-state index contributed by atoms with van der Waals surface area (Å²) in [4.78, 5) is 21.7. The quantitative estimate of drug-likeness (QED) is 0.473. The molecule has 1 aromatic carbocycles. The number of hydrogen-bond acceptors (Lipinski definition) is 5. The zero-order valence-electron chi connectivity index (χ0n) is 20.4. The van der Waals surface area contributed by atoms with Gasteiger partial charge in [0.2, 0.25) is 0 Å². The second-order valence-corrected chi connectivity index (χ2v) is 9.87. The number of benzene rings is 1. The molecule has 36 heavy (non-hydrogen) atoms. The Balaban J connectivity index is 1.26. The maximum absolute atomic E-state index is 13.3. The van der Waals surface area contributed by atoms with Gasteiger partial charge in [0.05, 0.1) is 12.5 Å². The molecule has 0 bridgehead atoms. The molecule has 2 atom stereocenters. The largest absolute Gasteiger partial charge is 0.573 e. The van der Waals surface area contributed by atoms with Crippen LogP contribution in [0, 0.1) is 24.7 Å². The third-order valence-electron chi connectivity index (χ3n) is 7.33. The number of carbonyl (C=O) groups excluding carboxylic acids is 1. The van der Waals surface area contributed by atoms with Crippen LogP contribution in [0.3, 0.4) is 0 Å². The number of amides is 1. The lowest BCUT2D eigenvalue weighted by Crippen LogP contribution is -2.35. The molecule has 0 N–H and O–H groups in total. The Morgan fingerprint density at radius 3 is 2.58 bits per heavy atom. The monoisotopic (exact) mass is 502 g/mol. The van der Waals surface area contributed by atoms with E-state index in [0.29, 0.717) is 35.6 Å².